The van der Waals surface area contributed by atoms with E-state index in [2.05, 4.69) is 5.16 Å². The lowest BCUT2D eigenvalue weighted by molar-refractivity contribution is -0.142. The fraction of sp³-hybridized carbons (Fsp3) is 0.429. The van der Waals surface area contributed by atoms with Crippen LogP contribution in [-0.4, -0.2) is 23.4 Å². The van der Waals surface area contributed by atoms with Gasteiger partial charge in [-0.25, -0.2) is 4.79 Å². The van der Waals surface area contributed by atoms with Crippen LogP contribution in [0.1, 0.15) is 26.3 Å². The number of aliphatic carboxylic acids is 1. The van der Waals surface area contributed by atoms with Gasteiger partial charge in [0.05, 0.1) is 5.71 Å². The Labute approximate surface area is 107 Å². The SMILES string of the molecule is CC(C)(C)/C(Cc1ccccc1)=N/OCC(=O)O. The van der Waals surface area contributed by atoms with Crippen LogP contribution in [0, 0.1) is 5.41 Å². The highest BCUT2D eigenvalue weighted by Crippen LogP contribution is 2.19. The van der Waals surface area contributed by atoms with E-state index in [1.807, 2.05) is 51.1 Å². The Balaban J connectivity index is 2.77. The van der Waals surface area contributed by atoms with Gasteiger partial charge in [0.1, 0.15) is 0 Å². The number of oxime groups is 1. The average Bonchev–Trinajstić information content (AvgIpc) is 2.27. The van der Waals surface area contributed by atoms with Crippen molar-refractivity contribution in [2.45, 2.75) is 27.2 Å². The smallest absolute Gasteiger partial charge is 0.344 e. The molecule has 0 unspecified atom stereocenters. The molecule has 0 aromatic heterocycles. The maximum atomic E-state index is 10.4. The average molecular weight is 249 g/mol. The minimum Gasteiger partial charge on any atom is -0.479 e. The number of hydrogen-bond acceptors (Lipinski definition) is 3. The zero-order chi connectivity index (χ0) is 13.6. The van der Waals surface area contributed by atoms with Gasteiger partial charge in [0.15, 0.2) is 0 Å². The minimum absolute atomic E-state index is 0.158. The molecule has 0 saturated heterocycles. The lowest BCUT2D eigenvalue weighted by Gasteiger charge is -2.20. The Morgan fingerprint density at radius 3 is 2.39 bits per heavy atom. The molecule has 0 heterocycles. The molecular weight excluding hydrogens is 230 g/mol. The van der Waals surface area contributed by atoms with Gasteiger partial charge in [-0.1, -0.05) is 56.3 Å². The molecule has 1 aromatic rings. The number of hydrogen-bond donors (Lipinski definition) is 1. The van der Waals surface area contributed by atoms with Gasteiger partial charge in [0.2, 0.25) is 6.61 Å². The highest BCUT2D eigenvalue weighted by Gasteiger charge is 2.20. The van der Waals surface area contributed by atoms with Crippen LogP contribution < -0.4 is 0 Å². The minimum atomic E-state index is -1.02. The first-order chi connectivity index (χ1) is 8.39. The highest BCUT2D eigenvalue weighted by atomic mass is 16.6. The van der Waals surface area contributed by atoms with E-state index in [-0.39, 0.29) is 5.41 Å². The number of benzene rings is 1. The van der Waals surface area contributed by atoms with E-state index in [9.17, 15) is 4.79 Å². The van der Waals surface area contributed by atoms with E-state index in [1.165, 1.54) is 0 Å². The summed E-state index contributed by atoms with van der Waals surface area (Å²) in [6.45, 7) is 5.67. The first-order valence-corrected chi connectivity index (χ1v) is 5.84. The summed E-state index contributed by atoms with van der Waals surface area (Å²) < 4.78 is 0. The van der Waals surface area contributed by atoms with Gasteiger partial charge in [0, 0.05) is 11.8 Å². The molecule has 18 heavy (non-hydrogen) atoms. The number of carboxylic acids is 1. The van der Waals surface area contributed by atoms with Crippen LogP contribution in [0.2, 0.25) is 0 Å². The summed E-state index contributed by atoms with van der Waals surface area (Å²) in [4.78, 5) is 15.2. The topological polar surface area (TPSA) is 58.9 Å². The summed E-state index contributed by atoms with van der Waals surface area (Å²) in [6.07, 6.45) is 0.657. The van der Waals surface area contributed by atoms with Gasteiger partial charge in [-0.3, -0.25) is 0 Å². The van der Waals surface area contributed by atoms with Crippen LogP contribution in [0.15, 0.2) is 35.5 Å². The van der Waals surface area contributed by atoms with Gasteiger partial charge in [-0.2, -0.15) is 0 Å². The lowest BCUT2D eigenvalue weighted by atomic mass is 9.86. The number of nitrogens with zero attached hydrogens (tertiary/aromatic N) is 1. The summed E-state index contributed by atoms with van der Waals surface area (Å²) in [5, 5.41) is 12.5. The van der Waals surface area contributed by atoms with E-state index in [1.54, 1.807) is 0 Å². The maximum Gasteiger partial charge on any atom is 0.344 e. The molecule has 0 atom stereocenters. The molecule has 1 aromatic carbocycles. The van der Waals surface area contributed by atoms with E-state index in [0.717, 1.165) is 11.3 Å². The first kappa shape index (κ1) is 14.2. The van der Waals surface area contributed by atoms with Crippen LogP contribution in [0.3, 0.4) is 0 Å². The fourth-order valence-electron chi connectivity index (χ4n) is 1.39. The third-order valence-corrected chi connectivity index (χ3v) is 2.44. The quantitative estimate of drug-likeness (QED) is 0.644. The molecule has 0 spiro atoms. The molecule has 0 amide bonds. The molecule has 98 valence electrons. The summed E-state index contributed by atoms with van der Waals surface area (Å²) >= 11 is 0. The fourth-order valence-corrected chi connectivity index (χ4v) is 1.39. The molecule has 0 bridgehead atoms. The predicted octanol–water partition coefficient (Wildman–Crippen LogP) is 2.73. The summed E-state index contributed by atoms with van der Waals surface area (Å²) in [5.41, 5.74) is 1.80. The number of rotatable bonds is 5. The molecule has 0 aliphatic rings. The standard InChI is InChI=1S/C14H19NO3/c1-14(2,3)12(15-18-10-13(16)17)9-11-7-5-4-6-8-11/h4-8H,9-10H2,1-3H3,(H,16,17)/b15-12+. The van der Waals surface area contributed by atoms with Gasteiger partial charge >= 0.3 is 5.97 Å². The molecule has 4 nitrogen and oxygen atoms in total. The third-order valence-electron chi connectivity index (χ3n) is 2.44. The zero-order valence-corrected chi connectivity index (χ0v) is 11.0. The molecule has 0 radical (unpaired) electrons. The second-order valence-corrected chi connectivity index (χ2v) is 5.12. The van der Waals surface area contributed by atoms with Crippen LogP contribution in [-0.2, 0) is 16.1 Å². The van der Waals surface area contributed by atoms with Crippen LogP contribution in [0.4, 0.5) is 0 Å². The first-order valence-electron chi connectivity index (χ1n) is 5.84. The molecule has 0 saturated carbocycles. The van der Waals surface area contributed by atoms with E-state index < -0.39 is 12.6 Å². The van der Waals surface area contributed by atoms with Crippen molar-refractivity contribution in [2.75, 3.05) is 6.61 Å². The predicted molar refractivity (Wildman–Crippen MR) is 70.6 cm³/mol. The molecule has 1 rings (SSSR count). The highest BCUT2D eigenvalue weighted by molar-refractivity contribution is 5.90. The van der Waals surface area contributed by atoms with Crippen molar-refractivity contribution in [2.24, 2.45) is 10.6 Å². The van der Waals surface area contributed by atoms with Gasteiger partial charge in [-0.15, -0.1) is 0 Å². The summed E-state index contributed by atoms with van der Waals surface area (Å²) in [7, 11) is 0. The van der Waals surface area contributed by atoms with E-state index in [4.69, 9.17) is 9.94 Å². The largest absolute Gasteiger partial charge is 0.479 e. The number of carbonyl (C=O) groups is 1. The molecule has 1 N–H and O–H groups in total. The normalized spacial score (nSPS) is 12.3. The molecule has 0 aliphatic carbocycles. The van der Waals surface area contributed by atoms with Gasteiger partial charge in [-0.05, 0) is 5.56 Å². The molecule has 0 aliphatic heterocycles. The van der Waals surface area contributed by atoms with Crippen molar-refractivity contribution in [1.29, 1.82) is 0 Å². The van der Waals surface area contributed by atoms with Gasteiger partial charge in [0.25, 0.3) is 0 Å². The number of carboxylic acid groups (broad SMARTS) is 1. The van der Waals surface area contributed by atoms with Crippen LogP contribution >= 0.6 is 0 Å². The summed E-state index contributed by atoms with van der Waals surface area (Å²) in [5.74, 6) is -1.02. The van der Waals surface area contributed by atoms with Crippen LogP contribution in [0.5, 0.6) is 0 Å². The van der Waals surface area contributed by atoms with Crippen molar-refractivity contribution in [3.63, 3.8) is 0 Å². The van der Waals surface area contributed by atoms with Crippen molar-refractivity contribution in [1.82, 2.24) is 0 Å². The van der Waals surface area contributed by atoms with Crippen molar-refractivity contribution in [3.05, 3.63) is 35.9 Å². The Morgan fingerprint density at radius 2 is 1.89 bits per heavy atom. The van der Waals surface area contributed by atoms with E-state index in [0.29, 0.717) is 6.42 Å². The lowest BCUT2D eigenvalue weighted by Crippen LogP contribution is -2.23. The Bertz CT molecular complexity index is 418. The van der Waals surface area contributed by atoms with Crippen molar-refractivity contribution >= 4 is 11.7 Å². The monoisotopic (exact) mass is 249 g/mol. The Kier molecular flexibility index (Phi) is 4.89. The van der Waals surface area contributed by atoms with E-state index >= 15 is 0 Å². The zero-order valence-electron chi connectivity index (χ0n) is 11.0. The molecule has 0 fully saturated rings. The van der Waals surface area contributed by atoms with Crippen LogP contribution in [0.25, 0.3) is 0 Å². The second kappa shape index (κ2) is 6.19. The Morgan fingerprint density at radius 1 is 1.28 bits per heavy atom. The van der Waals surface area contributed by atoms with Crippen molar-refractivity contribution < 1.29 is 14.7 Å². The van der Waals surface area contributed by atoms with Gasteiger partial charge < -0.3 is 9.94 Å². The third kappa shape index (κ3) is 4.99. The maximum absolute atomic E-state index is 10.4. The second-order valence-electron chi connectivity index (χ2n) is 5.12. The molecular formula is C14H19NO3. The Hall–Kier alpha value is -1.84. The van der Waals surface area contributed by atoms with Crippen molar-refractivity contribution in [3.8, 4) is 0 Å². The molecule has 4 heteroatoms. The summed E-state index contributed by atoms with van der Waals surface area (Å²) in [6, 6.07) is 9.91.